The molecule has 0 saturated carbocycles. The normalized spacial score (nSPS) is 10.3. The van der Waals surface area contributed by atoms with E-state index >= 15 is 0 Å². The second kappa shape index (κ2) is 16.7. The molecular formula is C33H31N7O2. The molecule has 5 N–H and O–H groups in total. The van der Waals surface area contributed by atoms with Crippen LogP contribution in [0.3, 0.4) is 0 Å². The Morgan fingerprint density at radius 1 is 1.02 bits per heavy atom. The topological polar surface area (TPSA) is 131 Å². The molecule has 0 unspecified atom stereocenters. The van der Waals surface area contributed by atoms with Gasteiger partial charge in [-0.2, -0.15) is 0 Å². The van der Waals surface area contributed by atoms with Crippen molar-refractivity contribution in [2.24, 2.45) is 5.73 Å². The molecule has 0 radical (unpaired) electrons. The zero-order valence-electron chi connectivity index (χ0n) is 23.1. The maximum Gasteiger partial charge on any atom is 0.248 e. The molecule has 2 heterocycles. The molecule has 0 aliphatic heterocycles. The fourth-order valence-corrected chi connectivity index (χ4v) is 3.43. The summed E-state index contributed by atoms with van der Waals surface area (Å²) in [7, 11) is 0. The lowest BCUT2D eigenvalue weighted by atomic mass is 10.2. The van der Waals surface area contributed by atoms with Crippen LogP contribution in [0.5, 0.6) is 0 Å². The summed E-state index contributed by atoms with van der Waals surface area (Å²) < 4.78 is 1.89. The summed E-state index contributed by atoms with van der Waals surface area (Å²) in [5, 5.41) is 5.67. The van der Waals surface area contributed by atoms with Gasteiger partial charge < -0.3 is 25.9 Å². The van der Waals surface area contributed by atoms with Gasteiger partial charge in [-0.15, -0.1) is 0 Å². The monoisotopic (exact) mass is 557 g/mol. The summed E-state index contributed by atoms with van der Waals surface area (Å²) in [5.41, 5.74) is 10.8. The molecular weight excluding hydrogens is 526 g/mol. The molecule has 2 aromatic heterocycles. The number of carbonyl (C=O) groups is 2. The molecule has 2 aromatic carbocycles. The number of primary amides is 1. The Bertz CT molecular complexity index is 1660. The summed E-state index contributed by atoms with van der Waals surface area (Å²) in [5.74, 6) is 5.59. The number of nitrogens with two attached hydrogens (primary N) is 1. The number of nitrogens with one attached hydrogen (secondary N) is 3. The van der Waals surface area contributed by atoms with Crippen LogP contribution < -0.4 is 16.4 Å². The number of nitrogens with zero attached hydrogens (tertiary/aromatic N) is 3. The van der Waals surface area contributed by atoms with Gasteiger partial charge in [-0.05, 0) is 66.9 Å². The van der Waals surface area contributed by atoms with Gasteiger partial charge in [0, 0.05) is 47.3 Å². The number of hydrogen-bond donors (Lipinski definition) is 4. The number of H-pyrrole nitrogens is 1. The highest BCUT2D eigenvalue weighted by atomic mass is 16.1. The first-order chi connectivity index (χ1) is 20.5. The Labute approximate surface area is 244 Å². The van der Waals surface area contributed by atoms with Crippen molar-refractivity contribution >= 4 is 23.7 Å². The number of rotatable bonds is 8. The Balaban J connectivity index is 0.000000271. The van der Waals surface area contributed by atoms with Crippen molar-refractivity contribution in [3.8, 4) is 17.5 Å². The van der Waals surface area contributed by atoms with Crippen molar-refractivity contribution in [1.29, 1.82) is 0 Å². The third-order valence-corrected chi connectivity index (χ3v) is 5.33. The Morgan fingerprint density at radius 3 is 2.57 bits per heavy atom. The van der Waals surface area contributed by atoms with Gasteiger partial charge in [0.1, 0.15) is 5.69 Å². The minimum Gasteiger partial charge on any atom is -0.366 e. The average molecular weight is 558 g/mol. The highest BCUT2D eigenvalue weighted by Gasteiger charge is 2.00. The van der Waals surface area contributed by atoms with Crippen LogP contribution in [-0.4, -0.2) is 31.8 Å². The van der Waals surface area contributed by atoms with Crippen LogP contribution in [0.4, 0.5) is 11.4 Å². The van der Waals surface area contributed by atoms with E-state index in [9.17, 15) is 9.59 Å². The maximum atomic E-state index is 11.3. The summed E-state index contributed by atoms with van der Waals surface area (Å²) in [4.78, 5) is 32.9. The maximum absolute atomic E-state index is 11.3. The summed E-state index contributed by atoms with van der Waals surface area (Å²) >= 11 is 0. The Hall–Kier alpha value is -6.14. The molecule has 210 valence electrons. The van der Waals surface area contributed by atoms with Crippen molar-refractivity contribution in [1.82, 2.24) is 19.5 Å². The van der Waals surface area contributed by atoms with Crippen LogP contribution in [-0.2, 0) is 9.59 Å². The Morgan fingerprint density at radius 2 is 1.86 bits per heavy atom. The van der Waals surface area contributed by atoms with Gasteiger partial charge >= 0.3 is 0 Å². The molecule has 0 saturated heterocycles. The number of carbonyl (C=O) groups excluding carboxylic acids is 2. The van der Waals surface area contributed by atoms with E-state index in [1.165, 1.54) is 12.2 Å². The molecule has 4 rings (SSSR count). The minimum absolute atomic E-state index is 0.341. The zero-order chi connectivity index (χ0) is 30.0. The lowest BCUT2D eigenvalue weighted by molar-refractivity contribution is -0.114. The molecule has 9 heteroatoms. The van der Waals surface area contributed by atoms with Gasteiger partial charge in [-0.1, -0.05) is 42.9 Å². The number of benzene rings is 2. The van der Waals surface area contributed by atoms with Crippen LogP contribution in [0.1, 0.15) is 16.8 Å². The van der Waals surface area contributed by atoms with E-state index in [-0.39, 0.29) is 0 Å². The third kappa shape index (κ3) is 10.6. The molecule has 0 aliphatic rings. The average Bonchev–Trinajstić information content (AvgIpc) is 3.55. The zero-order valence-corrected chi connectivity index (χ0v) is 23.1. The van der Waals surface area contributed by atoms with E-state index in [1.807, 2.05) is 78.4 Å². The van der Waals surface area contributed by atoms with Gasteiger partial charge in [-0.25, -0.2) is 4.98 Å². The molecule has 42 heavy (non-hydrogen) atoms. The number of aromatic nitrogens is 4. The van der Waals surface area contributed by atoms with Gasteiger partial charge in [0.25, 0.3) is 0 Å². The van der Waals surface area contributed by atoms with E-state index in [0.717, 1.165) is 28.2 Å². The van der Waals surface area contributed by atoms with E-state index in [1.54, 1.807) is 43.4 Å². The van der Waals surface area contributed by atoms with E-state index in [2.05, 4.69) is 44.0 Å². The van der Waals surface area contributed by atoms with Gasteiger partial charge in [0.2, 0.25) is 12.3 Å². The van der Waals surface area contributed by atoms with Gasteiger partial charge in [0.05, 0.1) is 24.4 Å². The van der Waals surface area contributed by atoms with E-state index < -0.39 is 5.91 Å². The van der Waals surface area contributed by atoms with Crippen molar-refractivity contribution < 1.29 is 9.59 Å². The number of aromatic amines is 1. The summed E-state index contributed by atoms with van der Waals surface area (Å²) in [6.07, 6.45) is 17.2. The van der Waals surface area contributed by atoms with Gasteiger partial charge in [-0.3, -0.25) is 14.6 Å². The lowest BCUT2D eigenvalue weighted by Crippen LogP contribution is -2.12. The first-order valence-electron chi connectivity index (χ1n) is 12.8. The minimum atomic E-state index is -0.529. The number of aryl methyl sites for hydroxylation is 1. The second-order valence-corrected chi connectivity index (χ2v) is 8.55. The number of imidazole rings is 1. The fourth-order valence-electron chi connectivity index (χ4n) is 3.43. The quantitative estimate of drug-likeness (QED) is 0.102. The molecule has 0 atom stereocenters. The van der Waals surface area contributed by atoms with Crippen LogP contribution in [0.2, 0.25) is 0 Å². The van der Waals surface area contributed by atoms with Crippen molar-refractivity contribution in [3.63, 3.8) is 0 Å². The van der Waals surface area contributed by atoms with Crippen molar-refractivity contribution in [3.05, 3.63) is 151 Å². The smallest absolute Gasteiger partial charge is 0.248 e. The predicted molar refractivity (Wildman–Crippen MR) is 167 cm³/mol. The molecule has 9 nitrogen and oxygen atoms in total. The third-order valence-electron chi connectivity index (χ3n) is 5.33. The molecule has 4 aromatic rings. The largest absolute Gasteiger partial charge is 0.366 e. The van der Waals surface area contributed by atoms with Crippen LogP contribution >= 0.6 is 0 Å². The lowest BCUT2D eigenvalue weighted by Gasteiger charge is -2.06. The van der Waals surface area contributed by atoms with Crippen molar-refractivity contribution in [2.75, 3.05) is 10.6 Å². The molecule has 0 fully saturated rings. The van der Waals surface area contributed by atoms with Gasteiger partial charge in [0.15, 0.2) is 0 Å². The highest BCUT2D eigenvalue weighted by molar-refractivity contribution is 5.95. The SMILES string of the molecule is C=C/C=C(\C=C\Nc1ccc[nH]c(C#Cc2ccccc2)cnc1)C(N)=O.Cc1cc(NC=O)cc(-n2ccnc2)c1. The second-order valence-electron chi connectivity index (χ2n) is 8.55. The molecule has 0 spiro atoms. The first kappa shape index (κ1) is 30.4. The number of hydrogen-bond acceptors (Lipinski definition) is 5. The predicted octanol–water partition coefficient (Wildman–Crippen LogP) is 5.21. The van der Waals surface area contributed by atoms with Crippen LogP contribution in [0, 0.1) is 18.8 Å². The number of amides is 2. The number of allylic oxidation sites excluding steroid dienone is 2. The fraction of sp³-hybridized carbons (Fsp3) is 0.0303. The molecule has 2 amide bonds. The molecule has 0 bridgehead atoms. The van der Waals surface area contributed by atoms with E-state index in [4.69, 9.17) is 5.73 Å². The first-order valence-corrected chi connectivity index (χ1v) is 12.8. The highest BCUT2D eigenvalue weighted by Crippen LogP contribution is 2.17. The van der Waals surface area contributed by atoms with E-state index in [0.29, 0.717) is 17.7 Å². The summed E-state index contributed by atoms with van der Waals surface area (Å²) in [6, 6.07) is 19.2. The van der Waals surface area contributed by atoms with Crippen LogP contribution in [0.15, 0.2) is 135 Å². The Kier molecular flexibility index (Phi) is 12.1. The van der Waals surface area contributed by atoms with Crippen molar-refractivity contribution in [2.45, 2.75) is 6.92 Å². The number of anilines is 2. The summed E-state index contributed by atoms with van der Waals surface area (Å²) in [6.45, 7) is 5.53. The standard InChI is InChI=1S/C22H20N4O.C11H11N3O/c1-2-7-19(22(23)27)13-15-26-20-10-6-14-25-21(17-24-16-20)12-11-18-8-4-3-5-9-18;1-9-4-10(13-8-15)6-11(5-9)14-3-2-12-7-14/h2-10,13-17,25-26H,1H2,(H2,23,27);2-8H,1H3,(H,13,15)/b14-6?,15-13+,19-7+,20-10?,21-17?,24-16?;. The van der Waals surface area contributed by atoms with Crippen LogP contribution in [0.25, 0.3) is 5.69 Å². The molecule has 0 aliphatic carbocycles.